The van der Waals surface area contributed by atoms with E-state index in [2.05, 4.69) is 54.3 Å². The van der Waals surface area contributed by atoms with Crippen molar-refractivity contribution in [2.24, 2.45) is 0 Å². The Morgan fingerprint density at radius 2 is 2.07 bits per heavy atom. The smallest absolute Gasteiger partial charge is 0.182 e. The lowest BCUT2D eigenvalue weighted by atomic mass is 10.2. The van der Waals surface area contributed by atoms with Crippen molar-refractivity contribution in [1.82, 2.24) is 4.98 Å². The summed E-state index contributed by atoms with van der Waals surface area (Å²) in [5, 5.41) is 3.96. The highest BCUT2D eigenvalue weighted by atomic mass is 79.9. The van der Waals surface area contributed by atoms with Crippen molar-refractivity contribution in [3.05, 3.63) is 33.3 Å². The highest BCUT2D eigenvalue weighted by Crippen LogP contribution is 2.33. The summed E-state index contributed by atoms with van der Waals surface area (Å²) in [7, 11) is 1.88. The average molecular weight is 348 g/mol. The number of aromatic nitrogens is 1. The first kappa shape index (κ1) is 11.1. The first-order chi connectivity index (χ1) is 7.20. The Kier molecular flexibility index (Phi) is 3.43. The Labute approximate surface area is 109 Å². The minimum Gasteiger partial charge on any atom is -0.365 e. The number of hydrogen-bond donors (Lipinski definition) is 1. The third kappa shape index (κ3) is 2.41. The molecule has 0 amide bonds. The second kappa shape index (κ2) is 4.63. The second-order valence-corrected chi connectivity index (χ2v) is 5.65. The summed E-state index contributed by atoms with van der Waals surface area (Å²) in [6, 6.07) is 6.18. The Morgan fingerprint density at radius 3 is 2.67 bits per heavy atom. The molecule has 0 bridgehead atoms. The topological polar surface area (TPSA) is 24.9 Å². The molecule has 1 aromatic carbocycles. The Balaban J connectivity index is 2.40. The van der Waals surface area contributed by atoms with Gasteiger partial charge in [0.15, 0.2) is 5.13 Å². The molecule has 2 nitrogen and oxygen atoms in total. The average Bonchev–Trinajstić information content (AvgIpc) is 2.70. The molecule has 5 heteroatoms. The van der Waals surface area contributed by atoms with Crippen molar-refractivity contribution in [3.8, 4) is 10.4 Å². The van der Waals surface area contributed by atoms with E-state index in [-0.39, 0.29) is 0 Å². The fourth-order valence-electron chi connectivity index (χ4n) is 1.17. The van der Waals surface area contributed by atoms with Crippen LogP contribution in [0.2, 0.25) is 0 Å². The van der Waals surface area contributed by atoms with E-state index in [1.165, 1.54) is 5.56 Å². The van der Waals surface area contributed by atoms with E-state index >= 15 is 0 Å². The van der Waals surface area contributed by atoms with Crippen molar-refractivity contribution in [1.29, 1.82) is 0 Å². The van der Waals surface area contributed by atoms with Crippen molar-refractivity contribution in [3.63, 3.8) is 0 Å². The lowest BCUT2D eigenvalue weighted by molar-refractivity contribution is 1.37. The molecule has 0 aliphatic carbocycles. The largest absolute Gasteiger partial charge is 0.365 e. The monoisotopic (exact) mass is 346 g/mol. The first-order valence-corrected chi connectivity index (χ1v) is 6.70. The van der Waals surface area contributed by atoms with E-state index < -0.39 is 0 Å². The van der Waals surface area contributed by atoms with Gasteiger partial charge >= 0.3 is 0 Å². The number of thiazole rings is 1. The van der Waals surface area contributed by atoms with Crippen LogP contribution in [0.5, 0.6) is 0 Å². The minimum atomic E-state index is 0.934. The zero-order chi connectivity index (χ0) is 10.8. The number of nitrogens with zero attached hydrogens (tertiary/aromatic N) is 1. The Bertz CT molecular complexity index is 482. The van der Waals surface area contributed by atoms with Gasteiger partial charge in [-0.2, -0.15) is 0 Å². The van der Waals surface area contributed by atoms with Crippen LogP contribution in [0.3, 0.4) is 0 Å². The van der Waals surface area contributed by atoms with Crippen LogP contribution in [0.15, 0.2) is 33.3 Å². The van der Waals surface area contributed by atoms with Gasteiger partial charge in [0.05, 0.1) is 4.88 Å². The molecule has 0 saturated heterocycles. The highest BCUT2D eigenvalue weighted by Gasteiger charge is 2.05. The van der Waals surface area contributed by atoms with Crippen LogP contribution >= 0.6 is 43.2 Å². The molecular formula is C10H8Br2N2S. The van der Waals surface area contributed by atoms with Crippen molar-refractivity contribution < 1.29 is 0 Å². The summed E-state index contributed by atoms with van der Waals surface area (Å²) in [5.41, 5.74) is 1.17. The molecule has 0 unspecified atom stereocenters. The third-order valence-electron chi connectivity index (χ3n) is 1.92. The molecule has 0 radical (unpaired) electrons. The standard InChI is InChI=1S/C10H8Br2N2S/c1-13-10-14-5-9(15-10)6-2-3-7(11)8(12)4-6/h2-5H,1H3,(H,13,14). The Hall–Kier alpha value is -0.390. The predicted molar refractivity (Wildman–Crippen MR) is 72.5 cm³/mol. The normalized spacial score (nSPS) is 10.3. The van der Waals surface area contributed by atoms with Crippen LogP contribution in [0.4, 0.5) is 5.13 Å². The molecule has 1 N–H and O–H groups in total. The zero-order valence-electron chi connectivity index (χ0n) is 7.92. The predicted octanol–water partition coefficient (Wildman–Crippen LogP) is 4.38. The minimum absolute atomic E-state index is 0.934. The Morgan fingerprint density at radius 1 is 1.27 bits per heavy atom. The maximum Gasteiger partial charge on any atom is 0.182 e. The van der Waals surface area contributed by atoms with Crippen LogP contribution < -0.4 is 5.32 Å². The maximum absolute atomic E-state index is 4.24. The lowest BCUT2D eigenvalue weighted by Crippen LogP contribution is -1.83. The van der Waals surface area contributed by atoms with Gasteiger partial charge in [-0.3, -0.25) is 0 Å². The second-order valence-electron chi connectivity index (χ2n) is 2.91. The van der Waals surface area contributed by atoms with E-state index in [1.807, 2.05) is 19.3 Å². The molecule has 15 heavy (non-hydrogen) atoms. The summed E-state index contributed by atoms with van der Waals surface area (Å²) < 4.78 is 2.11. The van der Waals surface area contributed by atoms with E-state index in [1.54, 1.807) is 11.3 Å². The van der Waals surface area contributed by atoms with Crippen LogP contribution in [0, 0.1) is 0 Å². The van der Waals surface area contributed by atoms with Crippen molar-refractivity contribution in [2.75, 3.05) is 12.4 Å². The number of hydrogen-bond acceptors (Lipinski definition) is 3. The van der Waals surface area contributed by atoms with Crippen LogP contribution in [-0.4, -0.2) is 12.0 Å². The molecule has 0 aliphatic heterocycles. The molecule has 1 aromatic heterocycles. The van der Waals surface area contributed by atoms with Gasteiger partial charge in [-0.15, -0.1) is 0 Å². The summed E-state index contributed by atoms with van der Waals surface area (Å²) in [4.78, 5) is 5.40. The molecule has 78 valence electrons. The van der Waals surface area contributed by atoms with E-state index in [0.717, 1.165) is 19.0 Å². The summed E-state index contributed by atoms with van der Waals surface area (Å²) >= 11 is 8.58. The van der Waals surface area contributed by atoms with Crippen LogP contribution in [-0.2, 0) is 0 Å². The number of halogens is 2. The van der Waals surface area contributed by atoms with E-state index in [9.17, 15) is 0 Å². The zero-order valence-corrected chi connectivity index (χ0v) is 11.9. The van der Waals surface area contributed by atoms with Crippen molar-refractivity contribution in [2.45, 2.75) is 0 Å². The third-order valence-corrected chi connectivity index (χ3v) is 4.87. The van der Waals surface area contributed by atoms with Gasteiger partial charge in [0, 0.05) is 22.2 Å². The molecule has 2 rings (SSSR count). The molecule has 0 spiro atoms. The first-order valence-electron chi connectivity index (χ1n) is 4.29. The van der Waals surface area contributed by atoms with Gasteiger partial charge in [-0.25, -0.2) is 4.98 Å². The summed E-state index contributed by atoms with van der Waals surface area (Å²) in [5.74, 6) is 0. The molecule has 1 heterocycles. The summed E-state index contributed by atoms with van der Waals surface area (Å²) in [6.07, 6.45) is 1.88. The molecule has 2 aromatic rings. The maximum atomic E-state index is 4.24. The fourth-order valence-corrected chi connectivity index (χ4v) is 2.56. The number of rotatable bonds is 2. The number of benzene rings is 1. The quantitative estimate of drug-likeness (QED) is 0.872. The fraction of sp³-hybridized carbons (Fsp3) is 0.100. The molecule has 0 fully saturated rings. The van der Waals surface area contributed by atoms with Crippen molar-refractivity contribution >= 4 is 48.3 Å². The molecule has 0 atom stereocenters. The number of anilines is 1. The van der Waals surface area contributed by atoms with Gasteiger partial charge in [0.2, 0.25) is 0 Å². The highest BCUT2D eigenvalue weighted by molar-refractivity contribution is 9.13. The lowest BCUT2D eigenvalue weighted by Gasteiger charge is -1.99. The van der Waals surface area contributed by atoms with Gasteiger partial charge in [0.25, 0.3) is 0 Å². The van der Waals surface area contributed by atoms with E-state index in [4.69, 9.17) is 0 Å². The molecular weight excluding hydrogens is 340 g/mol. The summed E-state index contributed by atoms with van der Waals surface area (Å²) in [6.45, 7) is 0. The molecule has 0 aliphatic rings. The van der Waals surface area contributed by atoms with Gasteiger partial charge in [-0.1, -0.05) is 17.4 Å². The van der Waals surface area contributed by atoms with Crippen LogP contribution in [0.1, 0.15) is 0 Å². The van der Waals surface area contributed by atoms with Gasteiger partial charge < -0.3 is 5.32 Å². The molecule has 0 saturated carbocycles. The van der Waals surface area contributed by atoms with E-state index in [0.29, 0.717) is 0 Å². The number of nitrogens with one attached hydrogen (secondary N) is 1. The van der Waals surface area contributed by atoms with Gasteiger partial charge in [0.1, 0.15) is 0 Å². The van der Waals surface area contributed by atoms with Gasteiger partial charge in [-0.05, 0) is 49.6 Å². The SMILES string of the molecule is CNc1ncc(-c2ccc(Br)c(Br)c2)s1. The van der Waals surface area contributed by atoms with Crippen LogP contribution in [0.25, 0.3) is 10.4 Å².